The van der Waals surface area contributed by atoms with Crippen LogP contribution in [0.5, 0.6) is 0 Å². The average Bonchev–Trinajstić information content (AvgIpc) is 3.41. The lowest BCUT2D eigenvalue weighted by Gasteiger charge is -2.18. The zero-order valence-corrected chi connectivity index (χ0v) is 51.4. The number of rotatable bonds is 63. The van der Waals surface area contributed by atoms with Crippen LogP contribution in [0.2, 0.25) is 0 Å². The standard InChI is InChI=1S/C68H130O8/c1-5-9-13-17-20-22-26-39-49-59-67(71)75-63(53-43-16-12-8-4)55-45-35-28-30-37-47-57-65(69)73-61-51-41-32-24-25-33-42-52-62-74-66(70)58-48-38-31-29-36-46-56-64(54-44-34-19-15-11-7-3)76-68(72)60-50-40-27-23-21-18-14-10-6-2/h63-64H,5-62H2,1-4H3. The number of carbonyl (C=O) groups is 4. The number of esters is 4. The SMILES string of the molecule is CCCCCCCCCCCC(=O)OC(CCCCCC)CCCCCCCCC(=O)OCCCCCCCCCCOC(=O)CCCCCCCCC(CCCCCCCC)OC(=O)CCCCCCCCCCC. The van der Waals surface area contributed by atoms with Crippen molar-refractivity contribution in [1.82, 2.24) is 0 Å². The molecule has 0 heterocycles. The van der Waals surface area contributed by atoms with Crippen LogP contribution in [-0.4, -0.2) is 49.3 Å². The lowest BCUT2D eigenvalue weighted by molar-refractivity contribution is -0.151. The summed E-state index contributed by atoms with van der Waals surface area (Å²) in [6.45, 7) is 10.1. The summed E-state index contributed by atoms with van der Waals surface area (Å²) in [6.07, 6.45) is 63.3. The second-order valence-corrected chi connectivity index (χ2v) is 23.4. The van der Waals surface area contributed by atoms with Gasteiger partial charge >= 0.3 is 23.9 Å². The van der Waals surface area contributed by atoms with Crippen molar-refractivity contribution in [3.63, 3.8) is 0 Å². The normalized spacial score (nSPS) is 12.2. The van der Waals surface area contributed by atoms with Crippen molar-refractivity contribution in [3.8, 4) is 0 Å². The summed E-state index contributed by atoms with van der Waals surface area (Å²) in [7, 11) is 0. The molecule has 0 bridgehead atoms. The van der Waals surface area contributed by atoms with Gasteiger partial charge in [-0.2, -0.15) is 0 Å². The first-order valence-corrected chi connectivity index (χ1v) is 34.1. The van der Waals surface area contributed by atoms with Gasteiger partial charge in [0.25, 0.3) is 0 Å². The molecular formula is C68H130O8. The molecule has 2 unspecified atom stereocenters. The molecular weight excluding hydrogens is 945 g/mol. The van der Waals surface area contributed by atoms with Crippen LogP contribution in [0.25, 0.3) is 0 Å². The highest BCUT2D eigenvalue weighted by Crippen LogP contribution is 2.21. The Morgan fingerprint density at radius 1 is 0.224 bits per heavy atom. The van der Waals surface area contributed by atoms with Crippen LogP contribution >= 0.6 is 0 Å². The van der Waals surface area contributed by atoms with E-state index in [0.29, 0.717) is 38.9 Å². The molecule has 0 aliphatic heterocycles. The van der Waals surface area contributed by atoms with E-state index >= 15 is 0 Å². The molecule has 0 aliphatic carbocycles. The third-order valence-corrected chi connectivity index (χ3v) is 15.7. The van der Waals surface area contributed by atoms with E-state index < -0.39 is 0 Å². The van der Waals surface area contributed by atoms with E-state index in [-0.39, 0.29) is 36.1 Å². The van der Waals surface area contributed by atoms with Gasteiger partial charge in [-0.15, -0.1) is 0 Å². The van der Waals surface area contributed by atoms with Crippen LogP contribution in [0, 0.1) is 0 Å². The molecule has 8 nitrogen and oxygen atoms in total. The van der Waals surface area contributed by atoms with Gasteiger partial charge < -0.3 is 18.9 Å². The highest BCUT2D eigenvalue weighted by molar-refractivity contribution is 5.70. The quantitative estimate of drug-likeness (QED) is 0.0337. The van der Waals surface area contributed by atoms with Crippen LogP contribution in [0.3, 0.4) is 0 Å². The van der Waals surface area contributed by atoms with Gasteiger partial charge in [0.1, 0.15) is 12.2 Å². The first-order chi connectivity index (χ1) is 37.4. The van der Waals surface area contributed by atoms with E-state index in [2.05, 4.69) is 27.7 Å². The van der Waals surface area contributed by atoms with E-state index in [1.54, 1.807) is 0 Å². The molecule has 0 radical (unpaired) electrons. The predicted octanol–water partition coefficient (Wildman–Crippen LogP) is 21.8. The van der Waals surface area contributed by atoms with Gasteiger partial charge in [-0.1, -0.05) is 272 Å². The number of hydrogen-bond acceptors (Lipinski definition) is 8. The third-order valence-electron chi connectivity index (χ3n) is 15.7. The lowest BCUT2D eigenvalue weighted by Crippen LogP contribution is -2.18. The molecule has 0 aromatic heterocycles. The summed E-state index contributed by atoms with van der Waals surface area (Å²) in [5.74, 6) is -0.0861. The Balaban J connectivity index is 3.83. The predicted molar refractivity (Wildman–Crippen MR) is 323 cm³/mol. The second kappa shape index (κ2) is 62.1. The topological polar surface area (TPSA) is 105 Å². The fourth-order valence-electron chi connectivity index (χ4n) is 10.6. The zero-order valence-electron chi connectivity index (χ0n) is 51.4. The van der Waals surface area contributed by atoms with E-state index in [9.17, 15) is 19.2 Å². The second-order valence-electron chi connectivity index (χ2n) is 23.4. The van der Waals surface area contributed by atoms with E-state index in [1.807, 2.05) is 0 Å². The fraction of sp³-hybridized carbons (Fsp3) is 0.941. The monoisotopic (exact) mass is 1070 g/mol. The van der Waals surface area contributed by atoms with Gasteiger partial charge in [-0.05, 0) is 89.9 Å². The lowest BCUT2D eigenvalue weighted by atomic mass is 10.0. The summed E-state index contributed by atoms with van der Waals surface area (Å²) < 4.78 is 23.1. The molecule has 0 saturated carbocycles. The Morgan fingerprint density at radius 3 is 0.658 bits per heavy atom. The minimum atomic E-state index is -0.0549. The molecule has 0 saturated heterocycles. The molecule has 0 aromatic carbocycles. The molecule has 76 heavy (non-hydrogen) atoms. The molecule has 450 valence electrons. The van der Waals surface area contributed by atoms with Gasteiger partial charge in [0.2, 0.25) is 0 Å². The largest absolute Gasteiger partial charge is 0.466 e. The van der Waals surface area contributed by atoms with Gasteiger partial charge in [0.15, 0.2) is 0 Å². The summed E-state index contributed by atoms with van der Waals surface area (Å²) in [5.41, 5.74) is 0. The summed E-state index contributed by atoms with van der Waals surface area (Å²) >= 11 is 0. The molecule has 0 aliphatic rings. The maximum absolute atomic E-state index is 12.7. The molecule has 2 atom stereocenters. The maximum Gasteiger partial charge on any atom is 0.306 e. The van der Waals surface area contributed by atoms with E-state index in [4.69, 9.17) is 18.9 Å². The van der Waals surface area contributed by atoms with Crippen molar-refractivity contribution in [2.45, 2.75) is 399 Å². The molecule has 0 amide bonds. The first kappa shape index (κ1) is 73.9. The molecule has 0 aromatic rings. The minimum absolute atomic E-state index is 0.00883. The highest BCUT2D eigenvalue weighted by Gasteiger charge is 2.16. The Bertz CT molecular complexity index is 1220. The highest BCUT2D eigenvalue weighted by atomic mass is 16.6. The van der Waals surface area contributed by atoms with Crippen molar-refractivity contribution in [1.29, 1.82) is 0 Å². The van der Waals surface area contributed by atoms with Crippen molar-refractivity contribution in [3.05, 3.63) is 0 Å². The summed E-state index contributed by atoms with van der Waals surface area (Å²) in [6, 6.07) is 0. The van der Waals surface area contributed by atoms with Crippen LogP contribution in [0.1, 0.15) is 387 Å². The van der Waals surface area contributed by atoms with Crippen LogP contribution in [0.15, 0.2) is 0 Å². The summed E-state index contributed by atoms with van der Waals surface area (Å²) in [5, 5.41) is 0. The van der Waals surface area contributed by atoms with Gasteiger partial charge in [0.05, 0.1) is 13.2 Å². The molecule has 0 spiro atoms. The maximum atomic E-state index is 12.7. The number of ether oxygens (including phenoxy) is 4. The minimum Gasteiger partial charge on any atom is -0.466 e. The molecule has 0 fully saturated rings. The van der Waals surface area contributed by atoms with Crippen molar-refractivity contribution in [2.24, 2.45) is 0 Å². The van der Waals surface area contributed by atoms with Gasteiger partial charge in [-0.25, -0.2) is 0 Å². The Hall–Kier alpha value is -2.12. The van der Waals surface area contributed by atoms with Crippen LogP contribution in [-0.2, 0) is 38.1 Å². The van der Waals surface area contributed by atoms with Gasteiger partial charge in [0, 0.05) is 25.7 Å². The number of unbranched alkanes of at least 4 members (excludes halogenated alkanes) is 41. The zero-order chi connectivity index (χ0) is 55.3. The van der Waals surface area contributed by atoms with E-state index in [0.717, 1.165) is 154 Å². The van der Waals surface area contributed by atoms with Crippen molar-refractivity contribution < 1.29 is 38.1 Å². The smallest absolute Gasteiger partial charge is 0.306 e. The number of hydrogen-bond donors (Lipinski definition) is 0. The summed E-state index contributed by atoms with van der Waals surface area (Å²) in [4.78, 5) is 49.9. The van der Waals surface area contributed by atoms with Crippen molar-refractivity contribution in [2.75, 3.05) is 13.2 Å². The molecule has 0 N–H and O–H groups in total. The van der Waals surface area contributed by atoms with Gasteiger partial charge in [-0.3, -0.25) is 19.2 Å². The van der Waals surface area contributed by atoms with Crippen molar-refractivity contribution >= 4 is 23.9 Å². The Kier molecular flexibility index (Phi) is 60.4. The Labute approximate surface area is 472 Å². The Morgan fingerprint density at radius 2 is 0.408 bits per heavy atom. The first-order valence-electron chi connectivity index (χ1n) is 34.1. The number of carbonyl (C=O) groups excluding carboxylic acids is 4. The molecule has 8 heteroatoms. The van der Waals surface area contributed by atoms with E-state index in [1.165, 1.54) is 180 Å². The average molecular weight is 1080 g/mol. The van der Waals surface area contributed by atoms with Crippen LogP contribution < -0.4 is 0 Å². The molecule has 0 rings (SSSR count). The fourth-order valence-corrected chi connectivity index (χ4v) is 10.6. The van der Waals surface area contributed by atoms with Crippen LogP contribution in [0.4, 0.5) is 0 Å². The third kappa shape index (κ3) is 58.0.